The Morgan fingerprint density at radius 3 is 2.56 bits per heavy atom. The summed E-state index contributed by atoms with van der Waals surface area (Å²) in [5.41, 5.74) is 6.43. The smallest absolute Gasteiger partial charge is 0.0831 e. The van der Waals surface area contributed by atoms with Gasteiger partial charge >= 0.3 is 0 Å². The summed E-state index contributed by atoms with van der Waals surface area (Å²) in [5, 5.41) is 0. The Morgan fingerprint density at radius 1 is 1.31 bits per heavy atom. The van der Waals surface area contributed by atoms with Crippen LogP contribution in [0.2, 0.25) is 0 Å². The van der Waals surface area contributed by atoms with E-state index in [9.17, 15) is 0 Å². The maximum Gasteiger partial charge on any atom is 0.0831 e. The van der Waals surface area contributed by atoms with Gasteiger partial charge in [0.2, 0.25) is 0 Å². The monoisotopic (exact) mass is 225 g/mol. The van der Waals surface area contributed by atoms with E-state index < -0.39 is 0 Å². The summed E-state index contributed by atoms with van der Waals surface area (Å²) >= 11 is 0. The van der Waals surface area contributed by atoms with Gasteiger partial charge in [0.05, 0.1) is 5.60 Å². The highest BCUT2D eigenvalue weighted by atomic mass is 16.5. The van der Waals surface area contributed by atoms with E-state index >= 15 is 0 Å². The lowest BCUT2D eigenvalue weighted by molar-refractivity contribution is -0.0769. The third kappa shape index (κ3) is 2.43. The van der Waals surface area contributed by atoms with E-state index in [4.69, 9.17) is 10.5 Å². The number of methoxy groups -OCH3 is 1. The summed E-state index contributed by atoms with van der Waals surface area (Å²) in [6.07, 6.45) is 10.3. The molecule has 0 radical (unpaired) electrons. The predicted molar refractivity (Wildman–Crippen MR) is 67.3 cm³/mol. The molecule has 0 aromatic carbocycles. The summed E-state index contributed by atoms with van der Waals surface area (Å²) in [5.74, 6) is 1.67. The fourth-order valence-electron chi connectivity index (χ4n) is 3.52. The molecule has 2 N–H and O–H groups in total. The molecule has 2 fully saturated rings. The van der Waals surface area contributed by atoms with Crippen molar-refractivity contribution in [3.63, 3.8) is 0 Å². The van der Waals surface area contributed by atoms with Gasteiger partial charge in [0.25, 0.3) is 0 Å². The van der Waals surface area contributed by atoms with Crippen LogP contribution in [-0.4, -0.2) is 18.8 Å². The molecule has 3 atom stereocenters. The quantitative estimate of drug-likeness (QED) is 0.798. The average molecular weight is 225 g/mol. The first kappa shape index (κ1) is 12.4. The Kier molecular flexibility index (Phi) is 3.91. The van der Waals surface area contributed by atoms with Crippen LogP contribution in [0.4, 0.5) is 0 Å². The molecule has 0 aromatic heterocycles. The molecule has 2 aliphatic rings. The van der Waals surface area contributed by atoms with Gasteiger partial charge in [0.15, 0.2) is 0 Å². The van der Waals surface area contributed by atoms with Crippen molar-refractivity contribution in [1.82, 2.24) is 0 Å². The van der Waals surface area contributed by atoms with Gasteiger partial charge in [-0.2, -0.15) is 0 Å². The van der Waals surface area contributed by atoms with Crippen LogP contribution in [0.5, 0.6) is 0 Å². The summed E-state index contributed by atoms with van der Waals surface area (Å²) in [4.78, 5) is 0. The maximum atomic E-state index is 6.44. The van der Waals surface area contributed by atoms with Gasteiger partial charge in [0.1, 0.15) is 0 Å². The first-order valence-electron chi connectivity index (χ1n) is 6.97. The SMILES string of the molecule is COC1(C(N)CC2CCC2)CCCC(C)C1. The lowest BCUT2D eigenvalue weighted by Crippen LogP contribution is -2.53. The van der Waals surface area contributed by atoms with Crippen LogP contribution >= 0.6 is 0 Å². The largest absolute Gasteiger partial charge is 0.377 e. The number of hydrogen-bond acceptors (Lipinski definition) is 2. The second-order valence-electron chi connectivity index (χ2n) is 6.11. The van der Waals surface area contributed by atoms with E-state index in [-0.39, 0.29) is 11.6 Å². The molecule has 0 amide bonds. The average Bonchev–Trinajstić information content (AvgIpc) is 2.23. The van der Waals surface area contributed by atoms with Gasteiger partial charge in [-0.05, 0) is 31.1 Å². The molecule has 3 unspecified atom stereocenters. The van der Waals surface area contributed by atoms with E-state index in [1.807, 2.05) is 7.11 Å². The van der Waals surface area contributed by atoms with Crippen LogP contribution in [0, 0.1) is 11.8 Å². The molecule has 94 valence electrons. The molecule has 2 heteroatoms. The van der Waals surface area contributed by atoms with Crippen molar-refractivity contribution in [2.45, 2.75) is 69.9 Å². The van der Waals surface area contributed by atoms with Crippen LogP contribution in [-0.2, 0) is 4.74 Å². The minimum absolute atomic E-state index is 0.00669. The normalized spacial score (nSPS) is 38.1. The van der Waals surface area contributed by atoms with Crippen LogP contribution in [0.25, 0.3) is 0 Å². The molecule has 2 aliphatic carbocycles. The highest BCUT2D eigenvalue weighted by molar-refractivity contribution is 4.96. The van der Waals surface area contributed by atoms with Gasteiger partial charge in [-0.3, -0.25) is 0 Å². The molecule has 0 aliphatic heterocycles. The summed E-state index contributed by atoms with van der Waals surface area (Å²) < 4.78 is 5.86. The van der Waals surface area contributed by atoms with Crippen LogP contribution in [0.1, 0.15) is 58.3 Å². The Labute approximate surface area is 99.9 Å². The number of nitrogens with two attached hydrogens (primary N) is 1. The lowest BCUT2D eigenvalue weighted by atomic mass is 9.70. The summed E-state index contributed by atoms with van der Waals surface area (Å²) in [6.45, 7) is 2.34. The third-order valence-corrected chi connectivity index (χ3v) is 4.89. The van der Waals surface area contributed by atoms with E-state index in [1.165, 1.54) is 44.9 Å². The lowest BCUT2D eigenvalue weighted by Gasteiger charge is -2.45. The van der Waals surface area contributed by atoms with Crippen molar-refractivity contribution in [3.05, 3.63) is 0 Å². The molecule has 2 rings (SSSR count). The van der Waals surface area contributed by atoms with E-state index in [0.29, 0.717) is 0 Å². The molecule has 2 nitrogen and oxygen atoms in total. The van der Waals surface area contributed by atoms with Gasteiger partial charge < -0.3 is 10.5 Å². The first-order valence-corrected chi connectivity index (χ1v) is 6.97. The van der Waals surface area contributed by atoms with Crippen LogP contribution in [0.3, 0.4) is 0 Å². The van der Waals surface area contributed by atoms with Gasteiger partial charge in [-0.25, -0.2) is 0 Å². The number of hydrogen-bond donors (Lipinski definition) is 1. The second kappa shape index (κ2) is 5.05. The van der Waals surface area contributed by atoms with Crippen molar-refractivity contribution in [3.8, 4) is 0 Å². The Hall–Kier alpha value is -0.0800. The summed E-state index contributed by atoms with van der Waals surface area (Å²) in [7, 11) is 1.86. The van der Waals surface area contributed by atoms with E-state index in [1.54, 1.807) is 0 Å². The number of ether oxygens (including phenoxy) is 1. The van der Waals surface area contributed by atoms with Gasteiger partial charge in [-0.1, -0.05) is 39.0 Å². The van der Waals surface area contributed by atoms with Crippen LogP contribution < -0.4 is 5.73 Å². The van der Waals surface area contributed by atoms with Crippen LogP contribution in [0.15, 0.2) is 0 Å². The minimum atomic E-state index is -0.00669. The fraction of sp³-hybridized carbons (Fsp3) is 1.00. The molecule has 16 heavy (non-hydrogen) atoms. The van der Waals surface area contributed by atoms with Crippen molar-refractivity contribution in [2.24, 2.45) is 17.6 Å². The maximum absolute atomic E-state index is 6.44. The minimum Gasteiger partial charge on any atom is -0.377 e. The molecule has 0 spiro atoms. The van der Waals surface area contributed by atoms with Gasteiger partial charge in [-0.15, -0.1) is 0 Å². The van der Waals surface area contributed by atoms with Crippen molar-refractivity contribution in [2.75, 3.05) is 7.11 Å². The third-order valence-electron chi connectivity index (χ3n) is 4.89. The zero-order chi connectivity index (χ0) is 11.6. The molecule has 0 aromatic rings. The van der Waals surface area contributed by atoms with Crippen molar-refractivity contribution in [1.29, 1.82) is 0 Å². The number of rotatable bonds is 4. The fourth-order valence-corrected chi connectivity index (χ4v) is 3.52. The summed E-state index contributed by atoms with van der Waals surface area (Å²) in [6, 6.07) is 0.255. The second-order valence-corrected chi connectivity index (χ2v) is 6.11. The molecular weight excluding hydrogens is 198 g/mol. The van der Waals surface area contributed by atoms with Crippen molar-refractivity contribution >= 4 is 0 Å². The Balaban J connectivity index is 1.95. The van der Waals surface area contributed by atoms with E-state index in [0.717, 1.165) is 18.3 Å². The molecular formula is C14H27NO. The zero-order valence-electron chi connectivity index (χ0n) is 10.9. The van der Waals surface area contributed by atoms with E-state index in [2.05, 4.69) is 6.92 Å². The Morgan fingerprint density at radius 2 is 2.06 bits per heavy atom. The zero-order valence-corrected chi connectivity index (χ0v) is 10.9. The highest BCUT2D eigenvalue weighted by Crippen LogP contribution is 2.40. The predicted octanol–water partition coefficient (Wildman–Crippen LogP) is 3.10. The standard InChI is InChI=1S/C14H27NO/c1-11-5-4-8-14(10-11,16-2)13(15)9-12-6-3-7-12/h11-13H,3-10,15H2,1-2H3. The highest BCUT2D eigenvalue weighted by Gasteiger charge is 2.41. The molecule has 2 saturated carbocycles. The van der Waals surface area contributed by atoms with Gasteiger partial charge in [0, 0.05) is 13.2 Å². The molecule has 0 heterocycles. The molecule has 0 saturated heterocycles. The first-order chi connectivity index (χ1) is 7.66. The molecule has 0 bridgehead atoms. The van der Waals surface area contributed by atoms with Crippen molar-refractivity contribution < 1.29 is 4.74 Å². The Bertz CT molecular complexity index is 227. The topological polar surface area (TPSA) is 35.2 Å².